The van der Waals surface area contributed by atoms with Gasteiger partial charge in [-0.05, 0) is 79.6 Å². The third-order valence-electron chi connectivity index (χ3n) is 6.21. The van der Waals surface area contributed by atoms with Gasteiger partial charge in [-0.25, -0.2) is 0 Å². The number of para-hydroxylation sites is 1. The van der Waals surface area contributed by atoms with Gasteiger partial charge >= 0.3 is 0 Å². The molecule has 0 unspecified atom stereocenters. The van der Waals surface area contributed by atoms with Crippen molar-refractivity contribution in [3.63, 3.8) is 0 Å². The molecule has 0 spiro atoms. The summed E-state index contributed by atoms with van der Waals surface area (Å²) in [4.78, 5) is 0. The van der Waals surface area contributed by atoms with E-state index >= 15 is 0 Å². The minimum Gasteiger partial charge on any atom is -0.362 e. The monoisotopic (exact) mass is 342 g/mol. The SMILES string of the molecule is S=C(NCC1CC1)Nc1c(C2CCCC2)cccc1C1CCCC1. The first-order valence-electron chi connectivity index (χ1n) is 9.99. The fourth-order valence-electron chi connectivity index (χ4n) is 4.60. The molecule has 0 amide bonds. The summed E-state index contributed by atoms with van der Waals surface area (Å²) in [5, 5.41) is 7.91. The maximum absolute atomic E-state index is 5.63. The van der Waals surface area contributed by atoms with Gasteiger partial charge in [0.2, 0.25) is 0 Å². The molecule has 3 fully saturated rings. The van der Waals surface area contributed by atoms with Crippen molar-refractivity contribution >= 4 is 23.0 Å². The molecule has 0 aliphatic heterocycles. The van der Waals surface area contributed by atoms with Crippen LogP contribution in [0, 0.1) is 5.92 Å². The summed E-state index contributed by atoms with van der Waals surface area (Å²) in [7, 11) is 0. The summed E-state index contributed by atoms with van der Waals surface area (Å²) in [6, 6.07) is 6.98. The maximum atomic E-state index is 5.63. The standard InChI is InChI=1S/C21H30N2S/c24-21(22-14-15-12-13-15)23-20-18(16-6-1-2-7-16)10-5-11-19(20)17-8-3-4-9-17/h5,10-11,15-17H,1-4,6-9,12-14H2,(H2,22,23,24). The van der Waals surface area contributed by atoms with E-state index in [1.165, 1.54) is 81.0 Å². The summed E-state index contributed by atoms with van der Waals surface area (Å²) in [6.07, 6.45) is 13.6. The predicted octanol–water partition coefficient (Wildman–Crippen LogP) is 5.70. The summed E-state index contributed by atoms with van der Waals surface area (Å²) in [5.74, 6) is 2.30. The predicted molar refractivity (Wildman–Crippen MR) is 106 cm³/mol. The van der Waals surface area contributed by atoms with Gasteiger partial charge in [0.15, 0.2) is 5.11 Å². The molecule has 3 heteroatoms. The molecule has 3 saturated carbocycles. The Balaban J connectivity index is 1.57. The van der Waals surface area contributed by atoms with Gasteiger partial charge in [0.05, 0.1) is 0 Å². The van der Waals surface area contributed by atoms with E-state index in [0.29, 0.717) is 0 Å². The Bertz CT molecular complexity index is 547. The fraction of sp³-hybridized carbons (Fsp3) is 0.667. The van der Waals surface area contributed by atoms with Crippen LogP contribution >= 0.6 is 12.2 Å². The van der Waals surface area contributed by atoms with Gasteiger partial charge in [-0.2, -0.15) is 0 Å². The van der Waals surface area contributed by atoms with Gasteiger partial charge in [-0.15, -0.1) is 0 Å². The molecule has 0 aromatic heterocycles. The number of anilines is 1. The van der Waals surface area contributed by atoms with Crippen molar-refractivity contribution in [1.29, 1.82) is 0 Å². The van der Waals surface area contributed by atoms with Crippen molar-refractivity contribution in [1.82, 2.24) is 5.32 Å². The first-order chi connectivity index (χ1) is 11.8. The Kier molecular flexibility index (Phi) is 5.07. The first kappa shape index (κ1) is 16.4. The number of hydrogen-bond acceptors (Lipinski definition) is 1. The fourth-order valence-corrected chi connectivity index (χ4v) is 4.79. The summed E-state index contributed by atoms with van der Waals surface area (Å²) >= 11 is 5.63. The summed E-state index contributed by atoms with van der Waals surface area (Å²) in [5.41, 5.74) is 4.39. The second kappa shape index (κ2) is 7.43. The van der Waals surface area contributed by atoms with Gasteiger partial charge in [0.25, 0.3) is 0 Å². The zero-order chi connectivity index (χ0) is 16.4. The quantitative estimate of drug-likeness (QED) is 0.671. The molecular formula is C21H30N2S. The van der Waals surface area contributed by atoms with Crippen molar-refractivity contribution in [2.24, 2.45) is 5.92 Å². The zero-order valence-corrected chi connectivity index (χ0v) is 15.5. The Morgan fingerprint density at radius 1 is 0.875 bits per heavy atom. The second-order valence-electron chi connectivity index (χ2n) is 8.05. The van der Waals surface area contributed by atoms with Crippen LogP contribution in [0.2, 0.25) is 0 Å². The number of nitrogens with one attached hydrogen (secondary N) is 2. The molecule has 24 heavy (non-hydrogen) atoms. The molecule has 4 rings (SSSR count). The minimum atomic E-state index is 0.722. The molecule has 130 valence electrons. The molecule has 3 aliphatic rings. The molecule has 3 aliphatic carbocycles. The lowest BCUT2D eigenvalue weighted by molar-refractivity contribution is 0.704. The molecule has 0 atom stereocenters. The number of benzene rings is 1. The van der Waals surface area contributed by atoms with Gasteiger partial charge < -0.3 is 10.6 Å². The van der Waals surface area contributed by atoms with Crippen molar-refractivity contribution in [2.45, 2.75) is 76.0 Å². The van der Waals surface area contributed by atoms with E-state index in [1.54, 1.807) is 0 Å². The van der Waals surface area contributed by atoms with Crippen LogP contribution in [-0.4, -0.2) is 11.7 Å². The average Bonchev–Trinajstić information content (AvgIpc) is 3.05. The first-order valence-corrected chi connectivity index (χ1v) is 10.4. The van der Waals surface area contributed by atoms with Crippen molar-refractivity contribution in [2.75, 3.05) is 11.9 Å². The van der Waals surface area contributed by atoms with Crippen LogP contribution in [0.5, 0.6) is 0 Å². The zero-order valence-electron chi connectivity index (χ0n) is 14.7. The Morgan fingerprint density at radius 2 is 1.42 bits per heavy atom. The van der Waals surface area contributed by atoms with Crippen LogP contribution in [-0.2, 0) is 0 Å². The molecule has 2 N–H and O–H groups in total. The van der Waals surface area contributed by atoms with Gasteiger partial charge in [-0.3, -0.25) is 0 Å². The maximum Gasteiger partial charge on any atom is 0.170 e. The van der Waals surface area contributed by atoms with E-state index in [4.69, 9.17) is 12.2 Å². The van der Waals surface area contributed by atoms with Crippen LogP contribution < -0.4 is 10.6 Å². The molecule has 0 radical (unpaired) electrons. The Labute approximate surface area is 151 Å². The smallest absolute Gasteiger partial charge is 0.170 e. The Morgan fingerprint density at radius 3 is 1.92 bits per heavy atom. The highest BCUT2D eigenvalue weighted by Gasteiger charge is 2.26. The molecule has 1 aromatic rings. The average molecular weight is 343 g/mol. The van der Waals surface area contributed by atoms with Crippen molar-refractivity contribution < 1.29 is 0 Å². The summed E-state index contributed by atoms with van der Waals surface area (Å²) < 4.78 is 0. The van der Waals surface area contributed by atoms with Gasteiger partial charge in [0, 0.05) is 12.2 Å². The molecular weight excluding hydrogens is 312 g/mol. The second-order valence-corrected chi connectivity index (χ2v) is 8.46. The van der Waals surface area contributed by atoms with Gasteiger partial charge in [0.1, 0.15) is 0 Å². The summed E-state index contributed by atoms with van der Waals surface area (Å²) in [6.45, 7) is 1.04. The largest absolute Gasteiger partial charge is 0.362 e. The van der Waals surface area contributed by atoms with Gasteiger partial charge in [-0.1, -0.05) is 43.9 Å². The van der Waals surface area contributed by atoms with E-state index in [9.17, 15) is 0 Å². The van der Waals surface area contributed by atoms with Crippen molar-refractivity contribution in [3.8, 4) is 0 Å². The highest BCUT2D eigenvalue weighted by Crippen LogP contribution is 2.44. The molecule has 0 heterocycles. The van der Waals surface area contributed by atoms with Crippen LogP contribution in [0.4, 0.5) is 5.69 Å². The number of rotatable bonds is 5. The lowest BCUT2D eigenvalue weighted by atomic mass is 9.88. The third kappa shape index (κ3) is 3.77. The van der Waals surface area contributed by atoms with Crippen molar-refractivity contribution in [3.05, 3.63) is 29.3 Å². The number of thiocarbonyl (C=S) groups is 1. The van der Waals surface area contributed by atoms with E-state index in [1.807, 2.05) is 0 Å². The van der Waals surface area contributed by atoms with Crippen LogP contribution in [0.1, 0.15) is 87.2 Å². The number of hydrogen-bond donors (Lipinski definition) is 2. The molecule has 1 aromatic carbocycles. The van der Waals surface area contributed by atoms with E-state index in [-0.39, 0.29) is 0 Å². The lowest BCUT2D eigenvalue weighted by Crippen LogP contribution is -2.31. The molecule has 2 nitrogen and oxygen atoms in total. The normalized spacial score (nSPS) is 22.0. The van der Waals surface area contributed by atoms with Crippen LogP contribution in [0.15, 0.2) is 18.2 Å². The topological polar surface area (TPSA) is 24.1 Å². The van der Waals surface area contributed by atoms with Crippen LogP contribution in [0.25, 0.3) is 0 Å². The molecule has 0 bridgehead atoms. The highest BCUT2D eigenvalue weighted by molar-refractivity contribution is 7.80. The third-order valence-corrected chi connectivity index (χ3v) is 6.45. The lowest BCUT2D eigenvalue weighted by Gasteiger charge is -2.24. The minimum absolute atomic E-state index is 0.722. The van der Waals surface area contributed by atoms with E-state index < -0.39 is 0 Å². The molecule has 0 saturated heterocycles. The van der Waals surface area contributed by atoms with Crippen LogP contribution in [0.3, 0.4) is 0 Å². The van der Waals surface area contributed by atoms with E-state index in [0.717, 1.165) is 29.4 Å². The van der Waals surface area contributed by atoms with E-state index in [2.05, 4.69) is 28.8 Å². The Hall–Kier alpha value is -1.09. The highest BCUT2D eigenvalue weighted by atomic mass is 32.1.